The standard InChI is InChI=1S/C13H9Cl6F3N2/c14-6-7(15)9(17)11(10(18)8(6)16)23-24-12(19)4-2-1-3-5(12)13(20,21)22/h5H,1-4H2. The molecule has 0 radical (unpaired) electrons. The molecule has 0 N–H and O–H groups in total. The van der Waals surface area contributed by atoms with Gasteiger partial charge in [0, 0.05) is 0 Å². The number of rotatable bonds is 2. The molecule has 2 unspecified atom stereocenters. The molecular weight excluding hydrogens is 454 g/mol. The third-order valence-corrected chi connectivity index (χ3v) is 6.49. The molecule has 1 saturated carbocycles. The van der Waals surface area contributed by atoms with Crippen LogP contribution in [0.2, 0.25) is 25.1 Å². The number of benzene rings is 1. The zero-order valence-electron chi connectivity index (χ0n) is 11.7. The van der Waals surface area contributed by atoms with Crippen molar-refractivity contribution in [3.05, 3.63) is 25.1 Å². The monoisotopic (exact) mass is 460 g/mol. The number of hydrogen-bond acceptors (Lipinski definition) is 2. The highest BCUT2D eigenvalue weighted by Crippen LogP contribution is 2.51. The average Bonchev–Trinajstić information content (AvgIpc) is 2.50. The van der Waals surface area contributed by atoms with Gasteiger partial charge >= 0.3 is 6.18 Å². The Kier molecular flexibility index (Phi) is 6.48. The summed E-state index contributed by atoms with van der Waals surface area (Å²) in [5.74, 6) is -1.82. The summed E-state index contributed by atoms with van der Waals surface area (Å²) in [5, 5.41) is 6.77. The second kappa shape index (κ2) is 7.53. The van der Waals surface area contributed by atoms with E-state index < -0.39 is 17.1 Å². The van der Waals surface area contributed by atoms with Gasteiger partial charge in [-0.2, -0.15) is 23.4 Å². The molecule has 24 heavy (non-hydrogen) atoms. The maximum absolute atomic E-state index is 13.2. The number of nitrogens with zero attached hydrogens (tertiary/aromatic N) is 2. The summed E-state index contributed by atoms with van der Waals surface area (Å²) < 4.78 is 39.6. The van der Waals surface area contributed by atoms with Crippen molar-refractivity contribution in [3.8, 4) is 0 Å². The van der Waals surface area contributed by atoms with E-state index in [2.05, 4.69) is 10.2 Å². The molecule has 1 aliphatic carbocycles. The van der Waals surface area contributed by atoms with Crippen LogP contribution in [0.5, 0.6) is 0 Å². The quantitative estimate of drug-likeness (QED) is 0.138. The van der Waals surface area contributed by atoms with E-state index in [1.807, 2.05) is 0 Å². The van der Waals surface area contributed by atoms with Crippen LogP contribution in [0, 0.1) is 5.92 Å². The van der Waals surface area contributed by atoms with Crippen molar-refractivity contribution >= 4 is 75.3 Å². The van der Waals surface area contributed by atoms with E-state index in [0.29, 0.717) is 12.8 Å². The third-order valence-electron chi connectivity index (χ3n) is 3.70. The lowest BCUT2D eigenvalue weighted by molar-refractivity contribution is -0.191. The van der Waals surface area contributed by atoms with E-state index >= 15 is 0 Å². The summed E-state index contributed by atoms with van der Waals surface area (Å²) in [6.45, 7) is 0. The van der Waals surface area contributed by atoms with Gasteiger partial charge in [-0.15, -0.1) is 0 Å². The van der Waals surface area contributed by atoms with E-state index in [0.717, 1.165) is 0 Å². The first-order valence-electron chi connectivity index (χ1n) is 6.69. The van der Waals surface area contributed by atoms with E-state index in [-0.39, 0.29) is 43.6 Å². The van der Waals surface area contributed by atoms with Crippen LogP contribution in [0.3, 0.4) is 0 Å². The molecule has 0 spiro atoms. The predicted molar refractivity (Wildman–Crippen MR) is 92.6 cm³/mol. The van der Waals surface area contributed by atoms with Crippen molar-refractivity contribution in [1.29, 1.82) is 0 Å². The Morgan fingerprint density at radius 2 is 1.38 bits per heavy atom. The summed E-state index contributed by atoms with van der Waals surface area (Å²) in [5.41, 5.74) is -0.177. The normalized spacial score (nSPS) is 25.5. The van der Waals surface area contributed by atoms with Crippen LogP contribution < -0.4 is 0 Å². The number of azo groups is 1. The highest BCUT2D eigenvalue weighted by atomic mass is 35.5. The summed E-state index contributed by atoms with van der Waals surface area (Å²) in [4.78, 5) is -1.93. The molecule has 0 saturated heterocycles. The molecule has 0 aliphatic heterocycles. The van der Waals surface area contributed by atoms with Gasteiger partial charge < -0.3 is 0 Å². The van der Waals surface area contributed by atoms with Crippen LogP contribution in [-0.2, 0) is 0 Å². The van der Waals surface area contributed by atoms with Crippen molar-refractivity contribution in [2.24, 2.45) is 16.1 Å². The SMILES string of the molecule is FC(F)(F)C1CCCCC1(Cl)N=Nc1c(Cl)c(Cl)c(Cl)c(Cl)c1Cl. The van der Waals surface area contributed by atoms with Crippen LogP contribution in [0.25, 0.3) is 0 Å². The van der Waals surface area contributed by atoms with E-state index in [9.17, 15) is 13.2 Å². The Morgan fingerprint density at radius 1 is 0.875 bits per heavy atom. The van der Waals surface area contributed by atoms with Crippen molar-refractivity contribution in [2.45, 2.75) is 36.9 Å². The zero-order chi connectivity index (χ0) is 18.3. The molecule has 1 aliphatic rings. The lowest BCUT2D eigenvalue weighted by Crippen LogP contribution is -2.42. The van der Waals surface area contributed by atoms with Crippen LogP contribution in [-0.4, -0.2) is 11.2 Å². The second-order valence-electron chi connectivity index (χ2n) is 5.28. The van der Waals surface area contributed by atoms with Crippen LogP contribution in [0.15, 0.2) is 10.2 Å². The molecule has 1 fully saturated rings. The van der Waals surface area contributed by atoms with Gasteiger partial charge in [0.1, 0.15) is 5.69 Å². The largest absolute Gasteiger partial charge is 0.395 e. The molecule has 0 amide bonds. The molecule has 0 aromatic heterocycles. The first kappa shape index (κ1) is 20.7. The van der Waals surface area contributed by atoms with Crippen LogP contribution >= 0.6 is 69.6 Å². The molecule has 2 atom stereocenters. The first-order chi connectivity index (χ1) is 11.0. The van der Waals surface area contributed by atoms with Crippen molar-refractivity contribution in [1.82, 2.24) is 0 Å². The minimum absolute atomic E-state index is 0.0204. The smallest absolute Gasteiger partial charge is 0.171 e. The van der Waals surface area contributed by atoms with Crippen LogP contribution in [0.1, 0.15) is 25.7 Å². The number of halogens is 9. The molecule has 134 valence electrons. The van der Waals surface area contributed by atoms with Gasteiger partial charge in [0.05, 0.1) is 31.0 Å². The summed E-state index contributed by atoms with van der Waals surface area (Å²) in [6, 6.07) is 0. The lowest BCUT2D eigenvalue weighted by atomic mass is 9.84. The first-order valence-corrected chi connectivity index (χ1v) is 8.95. The predicted octanol–water partition coefficient (Wildman–Crippen LogP) is 8.72. The average molecular weight is 463 g/mol. The number of alkyl halides is 4. The highest BCUT2D eigenvalue weighted by molar-refractivity contribution is 6.56. The molecule has 2 nitrogen and oxygen atoms in total. The molecular formula is C13H9Cl6F3N2. The molecule has 2 rings (SSSR count). The van der Waals surface area contributed by atoms with E-state index in [1.54, 1.807) is 0 Å². The molecule has 0 heterocycles. The van der Waals surface area contributed by atoms with Gasteiger partial charge in [0.2, 0.25) is 0 Å². The van der Waals surface area contributed by atoms with Gasteiger partial charge in [0.15, 0.2) is 5.00 Å². The van der Waals surface area contributed by atoms with Gasteiger partial charge in [-0.25, -0.2) is 0 Å². The Hall–Kier alpha value is 0.350. The Morgan fingerprint density at radius 3 is 1.88 bits per heavy atom. The topological polar surface area (TPSA) is 24.7 Å². The fourth-order valence-corrected chi connectivity index (χ4v) is 4.07. The van der Waals surface area contributed by atoms with Crippen molar-refractivity contribution in [3.63, 3.8) is 0 Å². The van der Waals surface area contributed by atoms with Gasteiger partial charge in [-0.1, -0.05) is 76.0 Å². The van der Waals surface area contributed by atoms with Gasteiger partial charge in [-0.3, -0.25) is 0 Å². The van der Waals surface area contributed by atoms with Crippen molar-refractivity contribution in [2.75, 3.05) is 0 Å². The minimum atomic E-state index is -4.50. The molecule has 0 bridgehead atoms. The summed E-state index contributed by atoms with van der Waals surface area (Å²) in [7, 11) is 0. The fourth-order valence-electron chi connectivity index (χ4n) is 2.47. The van der Waals surface area contributed by atoms with Gasteiger partial charge in [0.25, 0.3) is 0 Å². The third kappa shape index (κ3) is 4.02. The second-order valence-corrected chi connectivity index (χ2v) is 7.82. The zero-order valence-corrected chi connectivity index (χ0v) is 16.2. The van der Waals surface area contributed by atoms with Crippen LogP contribution in [0.4, 0.5) is 18.9 Å². The highest BCUT2D eigenvalue weighted by Gasteiger charge is 2.54. The molecule has 11 heteroatoms. The maximum Gasteiger partial charge on any atom is 0.395 e. The summed E-state index contributed by atoms with van der Waals surface area (Å²) in [6.07, 6.45) is -3.70. The Labute approximate surface area is 166 Å². The van der Waals surface area contributed by atoms with Crippen molar-refractivity contribution < 1.29 is 13.2 Å². The van der Waals surface area contributed by atoms with Gasteiger partial charge in [-0.05, 0) is 19.3 Å². The summed E-state index contributed by atoms with van der Waals surface area (Å²) >= 11 is 35.7. The number of hydrogen-bond donors (Lipinski definition) is 0. The molecule has 1 aromatic rings. The Bertz CT molecular complexity index is 650. The van der Waals surface area contributed by atoms with E-state index in [1.165, 1.54) is 0 Å². The van der Waals surface area contributed by atoms with E-state index in [4.69, 9.17) is 69.6 Å². The lowest BCUT2D eigenvalue weighted by Gasteiger charge is -2.36. The minimum Gasteiger partial charge on any atom is -0.171 e. The molecule has 1 aromatic carbocycles. The fraction of sp³-hybridized carbons (Fsp3) is 0.538. The Balaban J connectivity index is 2.46. The maximum atomic E-state index is 13.2.